The first-order chi connectivity index (χ1) is 9.19. The molecule has 0 amide bonds. The number of hydrogen-bond donors (Lipinski definition) is 1. The van der Waals surface area contributed by atoms with E-state index in [0.29, 0.717) is 13.1 Å². The lowest BCUT2D eigenvalue weighted by molar-refractivity contribution is 0.625. The zero-order valence-corrected chi connectivity index (χ0v) is 11.1. The summed E-state index contributed by atoms with van der Waals surface area (Å²) in [7, 11) is 3.78. The Bertz CT molecular complexity index is 544. The third-order valence-corrected chi connectivity index (χ3v) is 2.73. The number of anilines is 1. The monoisotopic (exact) mass is 260 g/mol. The van der Waals surface area contributed by atoms with Gasteiger partial charge in [-0.15, -0.1) is 0 Å². The van der Waals surface area contributed by atoms with E-state index in [1.54, 1.807) is 12.3 Å². The molecule has 1 heterocycles. The summed E-state index contributed by atoms with van der Waals surface area (Å²) in [6.07, 6.45) is 1.73. The Morgan fingerprint density at radius 3 is 2.89 bits per heavy atom. The Balaban J connectivity index is 2.11. The van der Waals surface area contributed by atoms with Gasteiger partial charge in [0.2, 0.25) is 0 Å². The number of aromatic nitrogens is 2. The van der Waals surface area contributed by atoms with Crippen LogP contribution in [0, 0.1) is 5.82 Å². The molecule has 0 bridgehead atoms. The van der Waals surface area contributed by atoms with Gasteiger partial charge in [-0.3, -0.25) is 0 Å². The van der Waals surface area contributed by atoms with Gasteiger partial charge >= 0.3 is 0 Å². The van der Waals surface area contributed by atoms with Gasteiger partial charge in [-0.05, 0) is 30.8 Å². The van der Waals surface area contributed by atoms with E-state index in [-0.39, 0.29) is 5.82 Å². The van der Waals surface area contributed by atoms with Crippen LogP contribution < -0.4 is 10.2 Å². The summed E-state index contributed by atoms with van der Waals surface area (Å²) >= 11 is 0. The van der Waals surface area contributed by atoms with Gasteiger partial charge in [0.15, 0.2) is 0 Å². The highest BCUT2D eigenvalue weighted by molar-refractivity contribution is 5.37. The van der Waals surface area contributed by atoms with Gasteiger partial charge in [-0.2, -0.15) is 0 Å². The Labute approximate surface area is 112 Å². The summed E-state index contributed by atoms with van der Waals surface area (Å²) in [4.78, 5) is 10.6. The highest BCUT2D eigenvalue weighted by Crippen LogP contribution is 2.13. The van der Waals surface area contributed by atoms with Crippen molar-refractivity contribution in [3.63, 3.8) is 0 Å². The maximum Gasteiger partial charge on any atom is 0.144 e. The van der Waals surface area contributed by atoms with Crippen LogP contribution in [0.2, 0.25) is 0 Å². The summed E-state index contributed by atoms with van der Waals surface area (Å²) in [5.41, 5.74) is 0.913. The van der Waals surface area contributed by atoms with Gasteiger partial charge in [0.05, 0.1) is 6.54 Å². The highest BCUT2D eigenvalue weighted by atomic mass is 19.1. The van der Waals surface area contributed by atoms with E-state index in [9.17, 15) is 4.39 Å². The number of rotatable bonds is 5. The summed E-state index contributed by atoms with van der Waals surface area (Å²) < 4.78 is 13.1. The average molecular weight is 260 g/mol. The molecule has 100 valence electrons. The number of benzene rings is 1. The minimum absolute atomic E-state index is 0.218. The highest BCUT2D eigenvalue weighted by Gasteiger charge is 2.05. The topological polar surface area (TPSA) is 41.1 Å². The Hall–Kier alpha value is -2.01. The van der Waals surface area contributed by atoms with E-state index in [0.717, 1.165) is 17.2 Å². The second-order valence-corrected chi connectivity index (χ2v) is 4.35. The van der Waals surface area contributed by atoms with Gasteiger partial charge in [0, 0.05) is 19.8 Å². The average Bonchev–Trinajstić information content (AvgIpc) is 2.39. The SMILES string of the molecule is CNCc1nccc(N(C)Cc2cccc(F)c2)n1. The van der Waals surface area contributed by atoms with Crippen LogP contribution in [-0.4, -0.2) is 24.1 Å². The quantitative estimate of drug-likeness (QED) is 0.892. The van der Waals surface area contributed by atoms with Crippen molar-refractivity contribution in [2.45, 2.75) is 13.1 Å². The van der Waals surface area contributed by atoms with Crippen LogP contribution in [0.25, 0.3) is 0 Å². The molecule has 0 aliphatic rings. The van der Waals surface area contributed by atoms with Crippen LogP contribution in [0.3, 0.4) is 0 Å². The van der Waals surface area contributed by atoms with Crippen LogP contribution in [-0.2, 0) is 13.1 Å². The van der Waals surface area contributed by atoms with E-state index in [1.165, 1.54) is 12.1 Å². The van der Waals surface area contributed by atoms with E-state index in [1.807, 2.05) is 31.1 Å². The van der Waals surface area contributed by atoms with E-state index >= 15 is 0 Å². The van der Waals surface area contributed by atoms with Gasteiger partial charge in [0.1, 0.15) is 17.5 Å². The minimum Gasteiger partial charge on any atom is -0.355 e. The lowest BCUT2D eigenvalue weighted by atomic mass is 10.2. The largest absolute Gasteiger partial charge is 0.355 e. The second kappa shape index (κ2) is 6.24. The fourth-order valence-corrected chi connectivity index (χ4v) is 1.83. The molecule has 0 aliphatic carbocycles. The van der Waals surface area contributed by atoms with Gasteiger partial charge in [-0.1, -0.05) is 12.1 Å². The van der Waals surface area contributed by atoms with Crippen LogP contribution >= 0.6 is 0 Å². The van der Waals surface area contributed by atoms with Crippen molar-refractivity contribution in [3.8, 4) is 0 Å². The maximum absolute atomic E-state index is 13.1. The predicted molar refractivity (Wildman–Crippen MR) is 73.3 cm³/mol. The maximum atomic E-state index is 13.1. The van der Waals surface area contributed by atoms with Gasteiger partial charge < -0.3 is 10.2 Å². The Morgan fingerprint density at radius 2 is 2.16 bits per heavy atom. The summed E-state index contributed by atoms with van der Waals surface area (Å²) in [6.45, 7) is 1.23. The molecule has 0 radical (unpaired) electrons. The molecule has 1 aromatic heterocycles. The molecule has 2 rings (SSSR count). The fourth-order valence-electron chi connectivity index (χ4n) is 1.83. The van der Waals surface area contributed by atoms with Crippen molar-refractivity contribution in [3.05, 3.63) is 53.7 Å². The van der Waals surface area contributed by atoms with Crippen LogP contribution in [0.5, 0.6) is 0 Å². The summed E-state index contributed by atoms with van der Waals surface area (Å²) in [5.74, 6) is 1.35. The molecule has 1 aromatic carbocycles. The first-order valence-electron chi connectivity index (χ1n) is 6.11. The third-order valence-electron chi connectivity index (χ3n) is 2.73. The van der Waals surface area contributed by atoms with Gasteiger partial charge in [0.25, 0.3) is 0 Å². The number of halogens is 1. The van der Waals surface area contributed by atoms with E-state index in [4.69, 9.17) is 0 Å². The first kappa shape index (κ1) is 13.4. The molecule has 0 atom stereocenters. The summed E-state index contributed by atoms with van der Waals surface area (Å²) in [6, 6.07) is 8.43. The zero-order chi connectivity index (χ0) is 13.7. The van der Waals surface area contributed by atoms with Crippen LogP contribution in [0.4, 0.5) is 10.2 Å². The molecule has 0 spiro atoms. The van der Waals surface area contributed by atoms with Crippen molar-refractivity contribution in [2.24, 2.45) is 0 Å². The van der Waals surface area contributed by atoms with E-state index < -0.39 is 0 Å². The fraction of sp³-hybridized carbons (Fsp3) is 0.286. The lowest BCUT2D eigenvalue weighted by Crippen LogP contribution is -2.19. The molecular formula is C14H17FN4. The molecule has 0 unspecified atom stereocenters. The number of nitrogens with one attached hydrogen (secondary N) is 1. The molecule has 0 saturated heterocycles. The van der Waals surface area contributed by atoms with Crippen molar-refractivity contribution < 1.29 is 4.39 Å². The first-order valence-corrected chi connectivity index (χ1v) is 6.11. The second-order valence-electron chi connectivity index (χ2n) is 4.35. The molecule has 0 aliphatic heterocycles. The van der Waals surface area contributed by atoms with Crippen molar-refractivity contribution >= 4 is 5.82 Å². The molecule has 4 nitrogen and oxygen atoms in total. The predicted octanol–water partition coefficient (Wildman–Crippen LogP) is 1.97. The zero-order valence-electron chi connectivity index (χ0n) is 11.1. The molecule has 19 heavy (non-hydrogen) atoms. The minimum atomic E-state index is -0.218. The van der Waals surface area contributed by atoms with Crippen LogP contribution in [0.1, 0.15) is 11.4 Å². The normalized spacial score (nSPS) is 10.5. The van der Waals surface area contributed by atoms with E-state index in [2.05, 4.69) is 15.3 Å². The molecular weight excluding hydrogens is 243 g/mol. The van der Waals surface area contributed by atoms with Crippen molar-refractivity contribution in [1.82, 2.24) is 15.3 Å². The number of nitrogens with zero attached hydrogens (tertiary/aromatic N) is 3. The van der Waals surface area contributed by atoms with Gasteiger partial charge in [-0.25, -0.2) is 14.4 Å². The lowest BCUT2D eigenvalue weighted by Gasteiger charge is -2.18. The molecule has 1 N–H and O–H groups in total. The Morgan fingerprint density at radius 1 is 1.32 bits per heavy atom. The third kappa shape index (κ3) is 3.72. The smallest absolute Gasteiger partial charge is 0.144 e. The molecule has 2 aromatic rings. The number of hydrogen-bond acceptors (Lipinski definition) is 4. The molecule has 0 fully saturated rings. The van der Waals surface area contributed by atoms with Crippen molar-refractivity contribution in [1.29, 1.82) is 0 Å². The van der Waals surface area contributed by atoms with Crippen LogP contribution in [0.15, 0.2) is 36.5 Å². The standard InChI is InChI=1S/C14H17FN4/c1-16-9-13-17-7-6-14(18-13)19(2)10-11-4-3-5-12(15)8-11/h3-8,16H,9-10H2,1-2H3. The molecule has 0 saturated carbocycles. The van der Waals surface area contributed by atoms with Crippen molar-refractivity contribution in [2.75, 3.05) is 19.0 Å². The molecule has 5 heteroatoms. The summed E-state index contributed by atoms with van der Waals surface area (Å²) in [5, 5.41) is 3.01. The Kier molecular flexibility index (Phi) is 4.41.